The first-order valence-electron chi connectivity index (χ1n) is 8.70. The Kier molecular flexibility index (Phi) is 5.59. The summed E-state index contributed by atoms with van der Waals surface area (Å²) in [6.45, 7) is 4.75. The van der Waals surface area contributed by atoms with Gasteiger partial charge in [0, 0.05) is 29.4 Å². The molecule has 0 bridgehead atoms. The lowest BCUT2D eigenvalue weighted by molar-refractivity contribution is 0.0953. The summed E-state index contributed by atoms with van der Waals surface area (Å²) in [6, 6.07) is 17.4. The van der Waals surface area contributed by atoms with E-state index in [1.54, 1.807) is 6.07 Å². The molecule has 26 heavy (non-hydrogen) atoms. The van der Waals surface area contributed by atoms with Crippen molar-refractivity contribution < 1.29 is 4.79 Å². The number of amides is 1. The summed E-state index contributed by atoms with van der Waals surface area (Å²) in [5.74, 6) is 0.639. The third kappa shape index (κ3) is 4.45. The molecule has 1 aromatic heterocycles. The Morgan fingerprint density at radius 2 is 1.85 bits per heavy atom. The first-order valence-corrected chi connectivity index (χ1v) is 8.70. The molecule has 2 N–H and O–H groups in total. The Balaban J connectivity index is 1.81. The first kappa shape index (κ1) is 17.6. The number of aromatic nitrogens is 2. The number of rotatable bonds is 6. The van der Waals surface area contributed by atoms with Crippen molar-refractivity contribution in [2.45, 2.75) is 20.3 Å². The average Bonchev–Trinajstić information content (AvgIpc) is 2.68. The van der Waals surface area contributed by atoms with Crippen molar-refractivity contribution in [3.63, 3.8) is 0 Å². The maximum Gasteiger partial charge on any atom is 0.251 e. The highest BCUT2D eigenvalue weighted by Gasteiger charge is 2.08. The number of hydrogen-bond donors (Lipinski definition) is 2. The predicted molar refractivity (Wildman–Crippen MR) is 105 cm³/mol. The SMILES string of the molecule is CCCNC(=O)c1cccc(-c2cc(Nc3ccc(C)cc3)ncn2)c1. The molecule has 2 aromatic carbocycles. The van der Waals surface area contributed by atoms with Gasteiger partial charge in [0.15, 0.2) is 0 Å². The van der Waals surface area contributed by atoms with E-state index < -0.39 is 0 Å². The highest BCUT2D eigenvalue weighted by molar-refractivity contribution is 5.95. The topological polar surface area (TPSA) is 66.9 Å². The molecule has 0 unspecified atom stereocenters. The molecule has 0 fully saturated rings. The second-order valence-electron chi connectivity index (χ2n) is 6.12. The monoisotopic (exact) mass is 346 g/mol. The number of nitrogens with one attached hydrogen (secondary N) is 2. The van der Waals surface area contributed by atoms with Crippen LogP contribution >= 0.6 is 0 Å². The molecule has 0 radical (unpaired) electrons. The van der Waals surface area contributed by atoms with Crippen LogP contribution < -0.4 is 10.6 Å². The van der Waals surface area contributed by atoms with Gasteiger partial charge >= 0.3 is 0 Å². The number of benzene rings is 2. The van der Waals surface area contributed by atoms with Gasteiger partial charge in [0.2, 0.25) is 0 Å². The third-order valence-electron chi connectivity index (χ3n) is 3.95. The molecule has 5 nitrogen and oxygen atoms in total. The molecular weight excluding hydrogens is 324 g/mol. The minimum absolute atomic E-state index is 0.0687. The first-order chi connectivity index (χ1) is 12.7. The second-order valence-corrected chi connectivity index (χ2v) is 6.12. The molecule has 5 heteroatoms. The fourth-order valence-corrected chi connectivity index (χ4v) is 2.53. The Bertz CT molecular complexity index is 891. The normalized spacial score (nSPS) is 10.4. The van der Waals surface area contributed by atoms with Gasteiger partial charge in [-0.25, -0.2) is 9.97 Å². The number of aryl methyl sites for hydroxylation is 1. The van der Waals surface area contributed by atoms with E-state index >= 15 is 0 Å². The molecule has 0 aliphatic heterocycles. The molecule has 1 amide bonds. The standard InChI is InChI=1S/C21H22N4O/c1-3-11-22-21(26)17-6-4-5-16(12-17)19-13-20(24-14-23-19)25-18-9-7-15(2)8-10-18/h4-10,12-14H,3,11H2,1-2H3,(H,22,26)(H,23,24,25). The van der Waals surface area contributed by atoms with E-state index in [4.69, 9.17) is 0 Å². The summed E-state index contributed by atoms with van der Waals surface area (Å²) in [7, 11) is 0. The molecule has 1 heterocycles. The summed E-state index contributed by atoms with van der Waals surface area (Å²) in [5, 5.41) is 6.17. The zero-order valence-corrected chi connectivity index (χ0v) is 15.0. The Hall–Kier alpha value is -3.21. The maximum absolute atomic E-state index is 12.2. The van der Waals surface area contributed by atoms with Gasteiger partial charge in [0.1, 0.15) is 12.1 Å². The van der Waals surface area contributed by atoms with Crippen LogP contribution in [-0.4, -0.2) is 22.4 Å². The fourth-order valence-electron chi connectivity index (χ4n) is 2.53. The highest BCUT2D eigenvalue weighted by atomic mass is 16.1. The van der Waals surface area contributed by atoms with Crippen LogP contribution in [0.2, 0.25) is 0 Å². The van der Waals surface area contributed by atoms with Crippen molar-refractivity contribution in [2.24, 2.45) is 0 Å². The van der Waals surface area contributed by atoms with Gasteiger partial charge in [-0.05, 0) is 37.6 Å². The molecule has 0 saturated heterocycles. The van der Waals surface area contributed by atoms with Crippen molar-refractivity contribution in [3.8, 4) is 11.3 Å². The van der Waals surface area contributed by atoms with Crippen LogP contribution in [0, 0.1) is 6.92 Å². The van der Waals surface area contributed by atoms with Gasteiger partial charge in [-0.2, -0.15) is 0 Å². The van der Waals surface area contributed by atoms with Gasteiger partial charge in [-0.3, -0.25) is 4.79 Å². The molecular formula is C21H22N4O. The lowest BCUT2D eigenvalue weighted by Crippen LogP contribution is -2.23. The van der Waals surface area contributed by atoms with E-state index in [2.05, 4.69) is 27.5 Å². The lowest BCUT2D eigenvalue weighted by atomic mass is 10.1. The van der Waals surface area contributed by atoms with Crippen molar-refractivity contribution in [1.29, 1.82) is 0 Å². The van der Waals surface area contributed by atoms with Gasteiger partial charge in [-0.15, -0.1) is 0 Å². The number of carbonyl (C=O) groups is 1. The third-order valence-corrected chi connectivity index (χ3v) is 3.95. The van der Waals surface area contributed by atoms with E-state index in [-0.39, 0.29) is 5.91 Å². The van der Waals surface area contributed by atoms with Gasteiger partial charge < -0.3 is 10.6 Å². The minimum Gasteiger partial charge on any atom is -0.352 e. The molecule has 3 aromatic rings. The molecule has 0 spiro atoms. The Labute approximate surface area is 153 Å². The van der Waals surface area contributed by atoms with Crippen molar-refractivity contribution >= 4 is 17.4 Å². The van der Waals surface area contributed by atoms with Crippen molar-refractivity contribution in [1.82, 2.24) is 15.3 Å². The van der Waals surface area contributed by atoms with Gasteiger partial charge in [-0.1, -0.05) is 36.8 Å². The molecule has 132 valence electrons. The Morgan fingerprint density at radius 3 is 2.62 bits per heavy atom. The van der Waals surface area contributed by atoms with E-state index in [0.29, 0.717) is 17.9 Å². The molecule has 0 aliphatic rings. The summed E-state index contributed by atoms with van der Waals surface area (Å²) < 4.78 is 0. The van der Waals surface area contributed by atoms with Crippen molar-refractivity contribution in [2.75, 3.05) is 11.9 Å². The molecule has 0 aliphatic carbocycles. The van der Waals surface area contributed by atoms with E-state index in [0.717, 1.165) is 23.4 Å². The van der Waals surface area contributed by atoms with E-state index in [1.165, 1.54) is 11.9 Å². The lowest BCUT2D eigenvalue weighted by Gasteiger charge is -2.09. The number of anilines is 2. The molecule has 0 atom stereocenters. The highest BCUT2D eigenvalue weighted by Crippen LogP contribution is 2.22. The van der Waals surface area contributed by atoms with E-state index in [1.807, 2.05) is 55.5 Å². The summed E-state index contributed by atoms with van der Waals surface area (Å²) in [4.78, 5) is 20.8. The molecule has 0 saturated carbocycles. The number of nitrogens with zero attached hydrogens (tertiary/aromatic N) is 2. The van der Waals surface area contributed by atoms with Crippen molar-refractivity contribution in [3.05, 3.63) is 72.1 Å². The Morgan fingerprint density at radius 1 is 1.04 bits per heavy atom. The average molecular weight is 346 g/mol. The van der Waals surface area contributed by atoms with E-state index in [9.17, 15) is 4.79 Å². The largest absolute Gasteiger partial charge is 0.352 e. The molecule has 3 rings (SSSR count). The van der Waals surface area contributed by atoms with Gasteiger partial charge in [0.25, 0.3) is 5.91 Å². The zero-order valence-electron chi connectivity index (χ0n) is 15.0. The van der Waals surface area contributed by atoms with Crippen LogP contribution in [0.3, 0.4) is 0 Å². The van der Waals surface area contributed by atoms with Crippen LogP contribution in [-0.2, 0) is 0 Å². The predicted octanol–water partition coefficient (Wildman–Crippen LogP) is 4.34. The van der Waals surface area contributed by atoms with Crippen LogP contribution in [0.25, 0.3) is 11.3 Å². The van der Waals surface area contributed by atoms with Crippen LogP contribution in [0.4, 0.5) is 11.5 Å². The van der Waals surface area contributed by atoms with Gasteiger partial charge in [0.05, 0.1) is 5.69 Å². The summed E-state index contributed by atoms with van der Waals surface area (Å²) >= 11 is 0. The summed E-state index contributed by atoms with van der Waals surface area (Å²) in [5.41, 5.74) is 4.44. The van der Waals surface area contributed by atoms with Crippen LogP contribution in [0.15, 0.2) is 60.9 Å². The quantitative estimate of drug-likeness (QED) is 0.697. The smallest absolute Gasteiger partial charge is 0.251 e. The number of carbonyl (C=O) groups excluding carboxylic acids is 1. The number of hydrogen-bond acceptors (Lipinski definition) is 4. The fraction of sp³-hybridized carbons (Fsp3) is 0.190. The zero-order chi connectivity index (χ0) is 18.4. The van der Waals surface area contributed by atoms with Crippen LogP contribution in [0.1, 0.15) is 29.3 Å². The second kappa shape index (κ2) is 8.25. The maximum atomic E-state index is 12.2. The van der Waals surface area contributed by atoms with Crippen LogP contribution in [0.5, 0.6) is 0 Å². The minimum atomic E-state index is -0.0687. The summed E-state index contributed by atoms with van der Waals surface area (Å²) in [6.07, 6.45) is 2.43.